The SMILES string of the molecule is CC(C)N1CCC(CNC(=O)N2CCN(c3ccc(F)cc3)c3cc(F)ccc32)C1. The van der Waals surface area contributed by atoms with E-state index < -0.39 is 0 Å². The van der Waals surface area contributed by atoms with Crippen molar-refractivity contribution < 1.29 is 13.6 Å². The van der Waals surface area contributed by atoms with Gasteiger partial charge in [0.15, 0.2) is 0 Å². The molecule has 2 aliphatic heterocycles. The number of rotatable bonds is 4. The molecule has 7 heteroatoms. The first kappa shape index (κ1) is 20.6. The highest BCUT2D eigenvalue weighted by atomic mass is 19.1. The largest absolute Gasteiger partial charge is 0.338 e. The number of anilines is 3. The van der Waals surface area contributed by atoms with Crippen LogP contribution in [0.3, 0.4) is 0 Å². The van der Waals surface area contributed by atoms with Crippen LogP contribution in [0.4, 0.5) is 30.6 Å². The fraction of sp³-hybridized carbons (Fsp3) is 0.435. The van der Waals surface area contributed by atoms with Crippen LogP contribution < -0.4 is 15.1 Å². The van der Waals surface area contributed by atoms with Crippen molar-refractivity contribution in [2.24, 2.45) is 5.92 Å². The molecule has 5 nitrogen and oxygen atoms in total. The van der Waals surface area contributed by atoms with Crippen LogP contribution in [0.15, 0.2) is 42.5 Å². The highest BCUT2D eigenvalue weighted by Gasteiger charge is 2.29. The van der Waals surface area contributed by atoms with Crippen LogP contribution >= 0.6 is 0 Å². The summed E-state index contributed by atoms with van der Waals surface area (Å²) in [6.45, 7) is 8.05. The molecular formula is C23H28F2N4O. The zero-order valence-corrected chi connectivity index (χ0v) is 17.4. The maximum Gasteiger partial charge on any atom is 0.322 e. The highest BCUT2D eigenvalue weighted by molar-refractivity contribution is 5.97. The van der Waals surface area contributed by atoms with E-state index in [2.05, 4.69) is 24.1 Å². The summed E-state index contributed by atoms with van der Waals surface area (Å²) in [5.74, 6) is -0.244. The third-order valence-electron chi connectivity index (χ3n) is 6.04. The van der Waals surface area contributed by atoms with Crippen LogP contribution in [0.1, 0.15) is 20.3 Å². The summed E-state index contributed by atoms with van der Waals surface area (Å²) in [6, 6.07) is 10.9. The lowest BCUT2D eigenvalue weighted by molar-refractivity contribution is 0.242. The van der Waals surface area contributed by atoms with Gasteiger partial charge in [0.25, 0.3) is 0 Å². The van der Waals surface area contributed by atoms with Gasteiger partial charge in [0.1, 0.15) is 11.6 Å². The predicted octanol–water partition coefficient (Wildman–Crippen LogP) is 4.36. The summed E-state index contributed by atoms with van der Waals surface area (Å²) in [4.78, 5) is 19.0. The first-order chi connectivity index (χ1) is 14.4. The molecule has 30 heavy (non-hydrogen) atoms. The minimum atomic E-state index is -0.372. The molecule has 0 radical (unpaired) electrons. The zero-order valence-electron chi connectivity index (χ0n) is 17.4. The molecule has 2 aromatic carbocycles. The lowest BCUT2D eigenvalue weighted by Crippen LogP contribution is -2.48. The van der Waals surface area contributed by atoms with Gasteiger partial charge < -0.3 is 15.1 Å². The van der Waals surface area contributed by atoms with Crippen molar-refractivity contribution in [3.8, 4) is 0 Å². The topological polar surface area (TPSA) is 38.8 Å². The Morgan fingerprint density at radius 2 is 1.77 bits per heavy atom. The maximum absolute atomic E-state index is 14.0. The normalized spacial score (nSPS) is 19.3. The number of hydrogen-bond donors (Lipinski definition) is 1. The van der Waals surface area contributed by atoms with Gasteiger partial charge in [0.05, 0.1) is 11.4 Å². The number of halogens is 2. The van der Waals surface area contributed by atoms with Gasteiger partial charge in [0.2, 0.25) is 0 Å². The Kier molecular flexibility index (Phi) is 5.90. The second kappa shape index (κ2) is 8.60. The number of amides is 2. The van der Waals surface area contributed by atoms with Crippen molar-refractivity contribution in [3.05, 3.63) is 54.1 Å². The van der Waals surface area contributed by atoms with Crippen molar-refractivity contribution in [1.29, 1.82) is 0 Å². The average molecular weight is 415 g/mol. The summed E-state index contributed by atoms with van der Waals surface area (Å²) in [5, 5.41) is 3.07. The summed E-state index contributed by atoms with van der Waals surface area (Å²) >= 11 is 0. The molecule has 1 unspecified atom stereocenters. The summed E-state index contributed by atoms with van der Waals surface area (Å²) in [6.07, 6.45) is 1.08. The highest BCUT2D eigenvalue weighted by Crippen LogP contribution is 2.38. The fourth-order valence-corrected chi connectivity index (χ4v) is 4.31. The second-order valence-corrected chi connectivity index (χ2v) is 8.34. The van der Waals surface area contributed by atoms with Crippen LogP contribution in [0.5, 0.6) is 0 Å². The molecular weight excluding hydrogens is 386 g/mol. The number of urea groups is 1. The Hall–Kier alpha value is -2.67. The molecule has 1 fully saturated rings. The Balaban J connectivity index is 1.48. The maximum atomic E-state index is 14.0. The van der Waals surface area contributed by atoms with Crippen LogP contribution in [0, 0.1) is 17.6 Å². The minimum Gasteiger partial charge on any atom is -0.338 e. The van der Waals surface area contributed by atoms with E-state index in [1.807, 2.05) is 4.90 Å². The van der Waals surface area contributed by atoms with E-state index in [1.54, 1.807) is 23.1 Å². The van der Waals surface area contributed by atoms with Crippen molar-refractivity contribution in [3.63, 3.8) is 0 Å². The standard InChI is InChI=1S/C23H28F2N4O/c1-16(2)27-10-9-17(15-27)14-26-23(30)29-12-11-28(20-6-3-18(24)4-7-20)22-13-19(25)5-8-21(22)29/h3-8,13,16-17H,9-12,14-15H2,1-2H3,(H,26,30). The molecule has 2 aliphatic rings. The summed E-state index contributed by atoms with van der Waals surface area (Å²) in [7, 11) is 0. The zero-order chi connectivity index (χ0) is 21.3. The number of nitrogens with zero attached hydrogens (tertiary/aromatic N) is 3. The van der Waals surface area contributed by atoms with Crippen LogP contribution in [0.2, 0.25) is 0 Å². The van der Waals surface area contributed by atoms with Gasteiger partial charge in [-0.2, -0.15) is 0 Å². The number of likely N-dealkylation sites (tertiary alicyclic amines) is 1. The molecule has 1 N–H and O–H groups in total. The molecule has 2 amide bonds. The molecule has 0 spiro atoms. The second-order valence-electron chi connectivity index (χ2n) is 8.34. The van der Waals surface area contributed by atoms with E-state index in [0.717, 1.165) is 25.2 Å². The molecule has 2 heterocycles. The molecule has 0 saturated carbocycles. The molecule has 1 atom stereocenters. The molecule has 1 saturated heterocycles. The fourth-order valence-electron chi connectivity index (χ4n) is 4.31. The molecule has 160 valence electrons. The minimum absolute atomic E-state index is 0.162. The van der Waals surface area contributed by atoms with Gasteiger partial charge in [-0.15, -0.1) is 0 Å². The Labute approximate surface area is 176 Å². The van der Waals surface area contributed by atoms with Gasteiger partial charge >= 0.3 is 6.03 Å². The first-order valence-corrected chi connectivity index (χ1v) is 10.5. The van der Waals surface area contributed by atoms with E-state index in [-0.39, 0.29) is 17.7 Å². The first-order valence-electron chi connectivity index (χ1n) is 10.5. The van der Waals surface area contributed by atoms with E-state index in [0.29, 0.717) is 43.0 Å². The van der Waals surface area contributed by atoms with Gasteiger partial charge in [-0.1, -0.05) is 0 Å². The third-order valence-corrected chi connectivity index (χ3v) is 6.04. The third kappa shape index (κ3) is 4.26. The molecule has 0 aromatic heterocycles. The van der Waals surface area contributed by atoms with E-state index in [1.165, 1.54) is 24.3 Å². The van der Waals surface area contributed by atoms with Crippen molar-refractivity contribution in [2.75, 3.05) is 42.5 Å². The Morgan fingerprint density at radius 1 is 1.03 bits per heavy atom. The van der Waals surface area contributed by atoms with Crippen LogP contribution in [-0.2, 0) is 0 Å². The van der Waals surface area contributed by atoms with Crippen molar-refractivity contribution in [1.82, 2.24) is 10.2 Å². The number of carbonyl (C=O) groups is 1. The van der Waals surface area contributed by atoms with Crippen LogP contribution in [0.25, 0.3) is 0 Å². The average Bonchev–Trinajstić information content (AvgIpc) is 3.21. The van der Waals surface area contributed by atoms with Crippen LogP contribution in [-0.4, -0.2) is 49.7 Å². The van der Waals surface area contributed by atoms with Gasteiger partial charge in [-0.3, -0.25) is 4.90 Å². The quantitative estimate of drug-likeness (QED) is 0.808. The van der Waals surface area contributed by atoms with E-state index in [9.17, 15) is 13.6 Å². The van der Waals surface area contributed by atoms with Gasteiger partial charge in [-0.25, -0.2) is 13.6 Å². The smallest absolute Gasteiger partial charge is 0.322 e. The summed E-state index contributed by atoms with van der Waals surface area (Å²) < 4.78 is 27.3. The molecule has 2 aromatic rings. The number of hydrogen-bond acceptors (Lipinski definition) is 3. The molecule has 4 rings (SSSR count). The Bertz CT molecular complexity index is 903. The van der Waals surface area contributed by atoms with Gasteiger partial charge in [-0.05, 0) is 75.2 Å². The van der Waals surface area contributed by atoms with Crippen molar-refractivity contribution in [2.45, 2.75) is 26.3 Å². The van der Waals surface area contributed by atoms with Crippen molar-refractivity contribution >= 4 is 23.1 Å². The number of carbonyl (C=O) groups excluding carboxylic acids is 1. The summed E-state index contributed by atoms with van der Waals surface area (Å²) in [5.41, 5.74) is 2.03. The Morgan fingerprint density at radius 3 is 2.47 bits per heavy atom. The lowest BCUT2D eigenvalue weighted by atomic mass is 10.1. The lowest BCUT2D eigenvalue weighted by Gasteiger charge is -2.38. The van der Waals surface area contributed by atoms with E-state index >= 15 is 0 Å². The van der Waals surface area contributed by atoms with E-state index in [4.69, 9.17) is 0 Å². The van der Waals surface area contributed by atoms with Gasteiger partial charge in [0, 0.05) is 37.9 Å². The number of nitrogens with one attached hydrogen (secondary N) is 1. The molecule has 0 bridgehead atoms. The monoisotopic (exact) mass is 414 g/mol. The predicted molar refractivity (Wildman–Crippen MR) is 115 cm³/mol. The number of benzene rings is 2. The molecule has 0 aliphatic carbocycles. The number of fused-ring (bicyclic) bond motifs is 1.